The van der Waals surface area contributed by atoms with E-state index >= 15 is 0 Å². The smallest absolute Gasteiger partial charge is 0.223 e. The second-order valence-electron chi connectivity index (χ2n) is 5.06. The lowest BCUT2D eigenvalue weighted by Gasteiger charge is -2.07. The molecule has 0 radical (unpaired) electrons. The lowest BCUT2D eigenvalue weighted by molar-refractivity contribution is 0.624. The van der Waals surface area contributed by atoms with Gasteiger partial charge in [0.2, 0.25) is 5.95 Å². The van der Waals surface area contributed by atoms with E-state index in [2.05, 4.69) is 20.6 Å². The number of hydrogen-bond donors (Lipinski definition) is 2. The molecule has 0 bridgehead atoms. The second kappa shape index (κ2) is 7.69. The normalized spacial score (nSPS) is 10.6. The Labute approximate surface area is 124 Å². The summed E-state index contributed by atoms with van der Waals surface area (Å²) in [5.41, 5.74) is 3.03. The van der Waals surface area contributed by atoms with Crippen molar-refractivity contribution in [1.29, 1.82) is 0 Å². The van der Waals surface area contributed by atoms with Crippen LogP contribution in [-0.4, -0.2) is 23.1 Å². The van der Waals surface area contributed by atoms with Crippen LogP contribution in [0, 0.1) is 19.7 Å². The fourth-order valence-electron chi connectivity index (χ4n) is 2.05. The highest BCUT2D eigenvalue weighted by atomic mass is 19.1. The Balaban J connectivity index is 1.62. The maximum Gasteiger partial charge on any atom is 0.223 e. The molecule has 0 saturated carbocycles. The number of aromatic nitrogens is 2. The van der Waals surface area contributed by atoms with Gasteiger partial charge in [-0.2, -0.15) is 0 Å². The highest BCUT2D eigenvalue weighted by molar-refractivity contribution is 5.27. The number of anilines is 1. The summed E-state index contributed by atoms with van der Waals surface area (Å²) in [7, 11) is 0. The molecule has 1 aromatic carbocycles. The Kier molecular flexibility index (Phi) is 5.63. The van der Waals surface area contributed by atoms with Crippen molar-refractivity contribution in [2.75, 3.05) is 18.4 Å². The number of nitrogens with zero attached hydrogens (tertiary/aromatic N) is 2. The van der Waals surface area contributed by atoms with Crippen molar-refractivity contribution in [1.82, 2.24) is 15.3 Å². The van der Waals surface area contributed by atoms with Crippen molar-refractivity contribution in [3.63, 3.8) is 0 Å². The number of rotatable bonds is 7. The Morgan fingerprint density at radius 3 is 2.33 bits per heavy atom. The first-order valence-electron chi connectivity index (χ1n) is 7.15. The molecule has 2 N–H and O–H groups in total. The minimum Gasteiger partial charge on any atom is -0.354 e. The van der Waals surface area contributed by atoms with Gasteiger partial charge in [-0.1, -0.05) is 12.1 Å². The zero-order valence-corrected chi connectivity index (χ0v) is 12.5. The van der Waals surface area contributed by atoms with Crippen LogP contribution in [0.3, 0.4) is 0 Å². The molecule has 2 aromatic rings. The summed E-state index contributed by atoms with van der Waals surface area (Å²) in [6.45, 7) is 6.38. The standard InChI is InChI=1S/C16H21FN4/c1-12-10-13(2)21-16(20-12)19-9-3-8-18-11-14-4-6-15(17)7-5-14/h4-7,10,18H,3,8-9,11H2,1-2H3,(H,19,20,21). The quantitative estimate of drug-likeness (QED) is 0.769. The number of hydrogen-bond acceptors (Lipinski definition) is 4. The van der Waals surface area contributed by atoms with E-state index in [9.17, 15) is 4.39 Å². The van der Waals surface area contributed by atoms with Gasteiger partial charge in [0.1, 0.15) is 5.82 Å². The molecule has 21 heavy (non-hydrogen) atoms. The van der Waals surface area contributed by atoms with Gasteiger partial charge in [0.05, 0.1) is 0 Å². The van der Waals surface area contributed by atoms with E-state index in [1.54, 1.807) is 12.1 Å². The van der Waals surface area contributed by atoms with E-state index in [4.69, 9.17) is 0 Å². The van der Waals surface area contributed by atoms with Crippen molar-refractivity contribution in [2.24, 2.45) is 0 Å². The summed E-state index contributed by atoms with van der Waals surface area (Å²) in [4.78, 5) is 8.66. The first-order chi connectivity index (χ1) is 10.1. The van der Waals surface area contributed by atoms with E-state index in [0.29, 0.717) is 5.95 Å². The third kappa shape index (κ3) is 5.47. The summed E-state index contributed by atoms with van der Waals surface area (Å²) in [5.74, 6) is 0.488. The fourth-order valence-corrected chi connectivity index (χ4v) is 2.05. The predicted molar refractivity (Wildman–Crippen MR) is 82.7 cm³/mol. The minimum atomic E-state index is -0.198. The van der Waals surface area contributed by atoms with Crippen LogP contribution in [0.15, 0.2) is 30.3 Å². The Morgan fingerprint density at radius 1 is 1.00 bits per heavy atom. The molecule has 112 valence electrons. The van der Waals surface area contributed by atoms with Gasteiger partial charge >= 0.3 is 0 Å². The van der Waals surface area contributed by atoms with Gasteiger partial charge in [0.25, 0.3) is 0 Å². The van der Waals surface area contributed by atoms with Gasteiger partial charge in [-0.3, -0.25) is 0 Å². The molecule has 0 aliphatic heterocycles. The van der Waals surface area contributed by atoms with E-state index in [1.165, 1.54) is 12.1 Å². The van der Waals surface area contributed by atoms with Gasteiger partial charge < -0.3 is 10.6 Å². The predicted octanol–water partition coefficient (Wildman–Crippen LogP) is 2.82. The summed E-state index contributed by atoms with van der Waals surface area (Å²) in [6.07, 6.45) is 0.970. The van der Waals surface area contributed by atoms with Gasteiger partial charge in [0, 0.05) is 24.5 Å². The van der Waals surface area contributed by atoms with Gasteiger partial charge in [-0.25, -0.2) is 14.4 Å². The largest absolute Gasteiger partial charge is 0.354 e. The topological polar surface area (TPSA) is 49.8 Å². The maximum atomic E-state index is 12.8. The first-order valence-corrected chi connectivity index (χ1v) is 7.15. The number of halogens is 1. The second-order valence-corrected chi connectivity index (χ2v) is 5.06. The van der Waals surface area contributed by atoms with Crippen LogP contribution in [-0.2, 0) is 6.54 Å². The molecule has 0 atom stereocenters. The molecule has 1 heterocycles. The van der Waals surface area contributed by atoms with Crippen LogP contribution >= 0.6 is 0 Å². The van der Waals surface area contributed by atoms with Crippen molar-refractivity contribution < 1.29 is 4.39 Å². The summed E-state index contributed by atoms with van der Waals surface area (Å²) >= 11 is 0. The highest BCUT2D eigenvalue weighted by Crippen LogP contribution is 2.04. The molecule has 0 amide bonds. The van der Waals surface area contributed by atoms with Crippen molar-refractivity contribution >= 4 is 5.95 Å². The van der Waals surface area contributed by atoms with E-state index in [0.717, 1.165) is 43.0 Å². The summed E-state index contributed by atoms with van der Waals surface area (Å²) in [6, 6.07) is 8.51. The highest BCUT2D eigenvalue weighted by Gasteiger charge is 1.98. The fraction of sp³-hybridized carbons (Fsp3) is 0.375. The SMILES string of the molecule is Cc1cc(C)nc(NCCCNCc2ccc(F)cc2)n1. The number of aryl methyl sites for hydroxylation is 2. The van der Waals surface area contributed by atoms with Crippen LogP contribution in [0.2, 0.25) is 0 Å². The minimum absolute atomic E-state index is 0.198. The summed E-state index contributed by atoms with van der Waals surface area (Å²) in [5, 5.41) is 6.55. The maximum absolute atomic E-state index is 12.8. The Hall–Kier alpha value is -2.01. The Bertz CT molecular complexity index is 549. The van der Waals surface area contributed by atoms with E-state index in [1.807, 2.05) is 19.9 Å². The van der Waals surface area contributed by atoms with Gasteiger partial charge in [0.15, 0.2) is 0 Å². The molecule has 0 spiro atoms. The molecule has 4 nitrogen and oxygen atoms in total. The third-order valence-electron chi connectivity index (χ3n) is 3.04. The van der Waals surface area contributed by atoms with Crippen molar-refractivity contribution in [2.45, 2.75) is 26.8 Å². The third-order valence-corrected chi connectivity index (χ3v) is 3.04. The molecule has 0 fully saturated rings. The molecule has 0 saturated heterocycles. The van der Waals surface area contributed by atoms with Crippen LogP contribution < -0.4 is 10.6 Å². The van der Waals surface area contributed by atoms with Crippen LogP contribution in [0.25, 0.3) is 0 Å². The number of benzene rings is 1. The molecular formula is C16H21FN4. The average molecular weight is 288 g/mol. The molecular weight excluding hydrogens is 267 g/mol. The molecule has 5 heteroatoms. The lowest BCUT2D eigenvalue weighted by atomic mass is 10.2. The van der Waals surface area contributed by atoms with Crippen LogP contribution in [0.1, 0.15) is 23.4 Å². The lowest BCUT2D eigenvalue weighted by Crippen LogP contribution is -2.18. The van der Waals surface area contributed by atoms with Gasteiger partial charge in [-0.15, -0.1) is 0 Å². The van der Waals surface area contributed by atoms with Crippen LogP contribution in [0.5, 0.6) is 0 Å². The molecule has 0 aliphatic rings. The first kappa shape index (κ1) is 15.4. The van der Waals surface area contributed by atoms with E-state index < -0.39 is 0 Å². The molecule has 0 unspecified atom stereocenters. The molecule has 1 aromatic heterocycles. The van der Waals surface area contributed by atoms with Crippen LogP contribution in [0.4, 0.5) is 10.3 Å². The van der Waals surface area contributed by atoms with Crippen molar-refractivity contribution in [3.8, 4) is 0 Å². The zero-order valence-electron chi connectivity index (χ0n) is 12.5. The van der Waals surface area contributed by atoms with Crippen molar-refractivity contribution in [3.05, 3.63) is 53.1 Å². The molecule has 2 rings (SSSR count). The Morgan fingerprint density at radius 2 is 1.67 bits per heavy atom. The monoisotopic (exact) mass is 288 g/mol. The number of nitrogens with one attached hydrogen (secondary N) is 2. The van der Waals surface area contributed by atoms with E-state index in [-0.39, 0.29) is 5.82 Å². The average Bonchev–Trinajstić information content (AvgIpc) is 2.43. The van der Waals surface area contributed by atoms with Gasteiger partial charge in [-0.05, 0) is 50.6 Å². The summed E-state index contributed by atoms with van der Waals surface area (Å²) < 4.78 is 12.8. The molecule has 0 aliphatic carbocycles. The zero-order chi connectivity index (χ0) is 15.1.